The summed E-state index contributed by atoms with van der Waals surface area (Å²) in [5, 5.41) is 2.79. The number of nitrogens with one attached hydrogen (secondary N) is 1. The molecule has 3 rings (SSSR count). The summed E-state index contributed by atoms with van der Waals surface area (Å²) in [7, 11) is 1.57. The van der Waals surface area contributed by atoms with Crippen molar-refractivity contribution in [1.29, 1.82) is 0 Å². The zero-order valence-electron chi connectivity index (χ0n) is 14.8. The third-order valence-corrected chi connectivity index (χ3v) is 4.24. The third kappa shape index (κ3) is 4.08. The molecule has 8 heteroatoms. The number of ether oxygens (including phenoxy) is 1. The summed E-state index contributed by atoms with van der Waals surface area (Å²) >= 11 is 0. The minimum atomic E-state index is -0.286. The molecule has 1 aliphatic heterocycles. The Labute approximate surface area is 151 Å². The number of carbonyl (C=O) groups is 2. The molecule has 1 N–H and O–H groups in total. The highest BCUT2D eigenvalue weighted by Crippen LogP contribution is 2.18. The van der Waals surface area contributed by atoms with Gasteiger partial charge in [-0.1, -0.05) is 6.07 Å². The first-order valence-corrected chi connectivity index (χ1v) is 8.35. The van der Waals surface area contributed by atoms with Crippen molar-refractivity contribution in [2.45, 2.75) is 6.92 Å². The molecule has 2 aromatic rings. The molecule has 1 saturated heterocycles. The number of anilines is 2. The minimum Gasteiger partial charge on any atom is -0.497 e. The van der Waals surface area contributed by atoms with E-state index in [-0.39, 0.29) is 11.8 Å². The smallest absolute Gasteiger partial charge is 0.258 e. The van der Waals surface area contributed by atoms with E-state index in [9.17, 15) is 9.59 Å². The molecule has 0 radical (unpaired) electrons. The van der Waals surface area contributed by atoms with E-state index in [0.717, 1.165) is 0 Å². The van der Waals surface area contributed by atoms with Gasteiger partial charge in [-0.05, 0) is 12.1 Å². The van der Waals surface area contributed by atoms with Gasteiger partial charge in [-0.25, -0.2) is 9.97 Å². The fraction of sp³-hybridized carbons (Fsp3) is 0.333. The van der Waals surface area contributed by atoms with E-state index >= 15 is 0 Å². The molecule has 1 aromatic carbocycles. The summed E-state index contributed by atoms with van der Waals surface area (Å²) in [5.41, 5.74) is 1.01. The lowest BCUT2D eigenvalue weighted by molar-refractivity contribution is -0.129. The summed E-state index contributed by atoms with van der Waals surface area (Å²) in [6, 6.07) is 7.12. The van der Waals surface area contributed by atoms with Crippen LogP contribution in [0.3, 0.4) is 0 Å². The summed E-state index contributed by atoms with van der Waals surface area (Å²) < 4.78 is 5.14. The predicted molar refractivity (Wildman–Crippen MR) is 97.4 cm³/mol. The van der Waals surface area contributed by atoms with Gasteiger partial charge in [0.15, 0.2) is 0 Å². The molecule has 0 saturated carbocycles. The monoisotopic (exact) mass is 355 g/mol. The summed E-state index contributed by atoms with van der Waals surface area (Å²) in [5.74, 6) is 1.02. The summed E-state index contributed by atoms with van der Waals surface area (Å²) in [6.07, 6.45) is 3.02. The number of nitrogens with zero attached hydrogens (tertiary/aromatic N) is 4. The van der Waals surface area contributed by atoms with Crippen LogP contribution < -0.4 is 15.0 Å². The van der Waals surface area contributed by atoms with Gasteiger partial charge >= 0.3 is 0 Å². The number of hydrogen-bond donors (Lipinski definition) is 1. The van der Waals surface area contributed by atoms with Gasteiger partial charge in [0.25, 0.3) is 5.91 Å². The first-order valence-electron chi connectivity index (χ1n) is 8.35. The second kappa shape index (κ2) is 7.81. The Morgan fingerprint density at radius 2 is 1.81 bits per heavy atom. The molecular weight excluding hydrogens is 334 g/mol. The minimum absolute atomic E-state index is 0.0788. The SMILES string of the molecule is COc1cccc(NC(=O)c2cnc(N3CCN(C(C)=O)CC3)nc2)c1. The highest BCUT2D eigenvalue weighted by molar-refractivity contribution is 6.04. The van der Waals surface area contributed by atoms with Gasteiger partial charge in [0, 0.05) is 57.3 Å². The van der Waals surface area contributed by atoms with Crippen LogP contribution in [0.4, 0.5) is 11.6 Å². The van der Waals surface area contributed by atoms with Crippen LogP contribution in [0.1, 0.15) is 17.3 Å². The van der Waals surface area contributed by atoms with E-state index in [4.69, 9.17) is 4.74 Å². The molecule has 2 heterocycles. The maximum atomic E-state index is 12.3. The quantitative estimate of drug-likeness (QED) is 0.892. The Hall–Kier alpha value is -3.16. The number of rotatable bonds is 4. The molecule has 0 bridgehead atoms. The van der Waals surface area contributed by atoms with E-state index in [1.165, 1.54) is 12.4 Å². The fourth-order valence-electron chi connectivity index (χ4n) is 2.73. The molecule has 136 valence electrons. The Morgan fingerprint density at radius 3 is 2.42 bits per heavy atom. The number of hydrogen-bond acceptors (Lipinski definition) is 6. The first kappa shape index (κ1) is 17.7. The number of amides is 2. The molecule has 1 aliphatic rings. The van der Waals surface area contributed by atoms with E-state index in [1.54, 1.807) is 43.2 Å². The highest BCUT2D eigenvalue weighted by Gasteiger charge is 2.20. The zero-order valence-corrected chi connectivity index (χ0v) is 14.8. The van der Waals surface area contributed by atoms with Gasteiger partial charge in [0.05, 0.1) is 12.7 Å². The van der Waals surface area contributed by atoms with Gasteiger partial charge in [-0.15, -0.1) is 0 Å². The van der Waals surface area contributed by atoms with Crippen molar-refractivity contribution in [3.63, 3.8) is 0 Å². The molecule has 1 aromatic heterocycles. The molecule has 0 unspecified atom stereocenters. The number of carbonyl (C=O) groups excluding carboxylic acids is 2. The maximum Gasteiger partial charge on any atom is 0.258 e. The van der Waals surface area contributed by atoms with Crippen LogP contribution >= 0.6 is 0 Å². The Morgan fingerprint density at radius 1 is 1.12 bits per heavy atom. The van der Waals surface area contributed by atoms with Gasteiger partial charge in [-0.3, -0.25) is 9.59 Å². The van der Waals surface area contributed by atoms with Crippen molar-refractivity contribution in [3.8, 4) is 5.75 Å². The lowest BCUT2D eigenvalue weighted by Gasteiger charge is -2.34. The molecule has 0 atom stereocenters. The highest BCUT2D eigenvalue weighted by atomic mass is 16.5. The number of benzene rings is 1. The molecule has 1 fully saturated rings. The van der Waals surface area contributed by atoms with E-state index < -0.39 is 0 Å². The van der Waals surface area contributed by atoms with Gasteiger partial charge < -0.3 is 19.9 Å². The second-order valence-corrected chi connectivity index (χ2v) is 5.95. The maximum absolute atomic E-state index is 12.3. The van der Waals surface area contributed by atoms with Crippen molar-refractivity contribution in [2.24, 2.45) is 0 Å². The third-order valence-electron chi connectivity index (χ3n) is 4.24. The van der Waals surface area contributed by atoms with Crippen molar-refractivity contribution in [3.05, 3.63) is 42.2 Å². The molecule has 0 aliphatic carbocycles. The van der Waals surface area contributed by atoms with Crippen molar-refractivity contribution < 1.29 is 14.3 Å². The van der Waals surface area contributed by atoms with Gasteiger partial charge in [0.1, 0.15) is 5.75 Å². The molecule has 0 spiro atoms. The average Bonchev–Trinajstić information content (AvgIpc) is 2.68. The Kier molecular flexibility index (Phi) is 5.31. The number of piperazine rings is 1. The zero-order chi connectivity index (χ0) is 18.5. The van der Waals surface area contributed by atoms with E-state index in [1.807, 2.05) is 4.90 Å². The van der Waals surface area contributed by atoms with E-state index in [2.05, 4.69) is 15.3 Å². The lowest BCUT2D eigenvalue weighted by atomic mass is 10.2. The molecular formula is C18H21N5O3. The fourth-order valence-corrected chi connectivity index (χ4v) is 2.73. The molecule has 26 heavy (non-hydrogen) atoms. The molecule has 2 amide bonds. The normalized spacial score (nSPS) is 14.1. The van der Waals surface area contributed by atoms with Gasteiger partial charge in [0.2, 0.25) is 11.9 Å². The summed E-state index contributed by atoms with van der Waals surface area (Å²) in [4.78, 5) is 36.1. The van der Waals surface area contributed by atoms with Crippen LogP contribution in [0.25, 0.3) is 0 Å². The average molecular weight is 355 g/mol. The first-order chi connectivity index (χ1) is 12.6. The van der Waals surface area contributed by atoms with Crippen molar-refractivity contribution in [1.82, 2.24) is 14.9 Å². The summed E-state index contributed by atoms with van der Waals surface area (Å²) in [6.45, 7) is 4.22. The van der Waals surface area contributed by atoms with Crippen molar-refractivity contribution >= 4 is 23.5 Å². The van der Waals surface area contributed by atoms with Crippen LogP contribution in [0.5, 0.6) is 5.75 Å². The van der Waals surface area contributed by atoms with Crippen LogP contribution in [0, 0.1) is 0 Å². The number of aromatic nitrogens is 2. The van der Waals surface area contributed by atoms with Crippen LogP contribution in [0.2, 0.25) is 0 Å². The van der Waals surface area contributed by atoms with Crippen molar-refractivity contribution in [2.75, 3.05) is 43.5 Å². The second-order valence-electron chi connectivity index (χ2n) is 5.95. The number of methoxy groups -OCH3 is 1. The van der Waals surface area contributed by atoms with E-state index in [0.29, 0.717) is 49.1 Å². The van der Waals surface area contributed by atoms with Crippen LogP contribution in [0.15, 0.2) is 36.7 Å². The lowest BCUT2D eigenvalue weighted by Crippen LogP contribution is -2.48. The Bertz CT molecular complexity index is 786. The standard InChI is InChI=1S/C18H21N5O3/c1-13(24)22-6-8-23(9-7-22)18-19-11-14(12-20-18)17(25)21-15-4-3-5-16(10-15)26-2/h3-5,10-12H,6-9H2,1-2H3,(H,21,25). The largest absolute Gasteiger partial charge is 0.497 e. The Balaban J connectivity index is 1.62. The predicted octanol–water partition coefficient (Wildman–Crippen LogP) is 1.41. The molecule has 8 nitrogen and oxygen atoms in total. The topological polar surface area (TPSA) is 87.7 Å². The van der Waals surface area contributed by atoms with Crippen LogP contribution in [-0.4, -0.2) is 60.0 Å². The van der Waals surface area contributed by atoms with Gasteiger partial charge in [-0.2, -0.15) is 0 Å². The van der Waals surface area contributed by atoms with Crippen LogP contribution in [-0.2, 0) is 4.79 Å².